The van der Waals surface area contributed by atoms with Crippen molar-refractivity contribution in [3.05, 3.63) is 48.3 Å². The van der Waals surface area contributed by atoms with Gasteiger partial charge in [0.15, 0.2) is 0 Å². The Kier molecular flexibility index (Phi) is 6.19. The Balaban J connectivity index is 1.58. The third-order valence-corrected chi connectivity index (χ3v) is 4.27. The van der Waals surface area contributed by atoms with Gasteiger partial charge in [0.25, 0.3) is 0 Å². The molecule has 0 aromatic carbocycles. The average Bonchev–Trinajstić information content (AvgIpc) is 2.95. The fourth-order valence-electron chi connectivity index (χ4n) is 2.88. The van der Waals surface area contributed by atoms with Crippen LogP contribution in [0, 0.1) is 0 Å². The maximum absolute atomic E-state index is 12.4. The first-order chi connectivity index (χ1) is 13.2. The minimum atomic E-state index is -0.371. The quantitative estimate of drug-likeness (QED) is 0.833. The average molecular weight is 369 g/mol. The molecule has 1 fully saturated rings. The van der Waals surface area contributed by atoms with Gasteiger partial charge in [-0.1, -0.05) is 6.07 Å². The molecule has 0 unspecified atom stereocenters. The predicted molar refractivity (Wildman–Crippen MR) is 102 cm³/mol. The fraction of sp³-hybridized carbons (Fsp3) is 0.368. The zero-order valence-electron chi connectivity index (χ0n) is 15.3. The number of rotatable bonds is 4. The first-order valence-corrected chi connectivity index (χ1v) is 9.02. The van der Waals surface area contributed by atoms with Gasteiger partial charge in [-0.3, -0.25) is 5.32 Å². The largest absolute Gasteiger partial charge is 0.462 e. The van der Waals surface area contributed by atoms with Gasteiger partial charge in [-0.05, 0) is 37.6 Å². The summed E-state index contributed by atoms with van der Waals surface area (Å²) < 4.78 is 4.97. The number of hydrogen-bond acceptors (Lipinski definition) is 6. The van der Waals surface area contributed by atoms with Gasteiger partial charge < -0.3 is 14.5 Å². The highest BCUT2D eigenvalue weighted by Crippen LogP contribution is 2.15. The number of ether oxygens (including phenoxy) is 1. The van der Waals surface area contributed by atoms with E-state index in [9.17, 15) is 9.59 Å². The number of esters is 1. The van der Waals surface area contributed by atoms with Crippen LogP contribution in [0.25, 0.3) is 0 Å². The lowest BCUT2D eigenvalue weighted by Gasteiger charge is -2.23. The number of anilines is 2. The topological polar surface area (TPSA) is 87.7 Å². The molecule has 3 heterocycles. The van der Waals surface area contributed by atoms with Gasteiger partial charge in [-0.2, -0.15) is 0 Å². The zero-order chi connectivity index (χ0) is 19.1. The number of carbonyl (C=O) groups is 2. The van der Waals surface area contributed by atoms with E-state index in [1.165, 1.54) is 6.20 Å². The molecule has 1 saturated heterocycles. The molecule has 8 nitrogen and oxygen atoms in total. The lowest BCUT2D eigenvalue weighted by molar-refractivity contribution is 0.0526. The summed E-state index contributed by atoms with van der Waals surface area (Å²) in [6, 6.07) is 8.78. The van der Waals surface area contributed by atoms with Crippen LogP contribution in [0.15, 0.2) is 42.7 Å². The van der Waals surface area contributed by atoms with Crippen LogP contribution in [0.5, 0.6) is 0 Å². The molecule has 27 heavy (non-hydrogen) atoms. The van der Waals surface area contributed by atoms with Crippen molar-refractivity contribution in [1.29, 1.82) is 0 Å². The van der Waals surface area contributed by atoms with E-state index in [2.05, 4.69) is 20.2 Å². The molecule has 2 aromatic heterocycles. The highest BCUT2D eigenvalue weighted by molar-refractivity contribution is 5.89. The maximum Gasteiger partial charge on any atom is 0.339 e. The summed E-state index contributed by atoms with van der Waals surface area (Å²) in [5.41, 5.74) is 0.437. The van der Waals surface area contributed by atoms with Crippen molar-refractivity contribution in [1.82, 2.24) is 14.9 Å². The van der Waals surface area contributed by atoms with Crippen molar-refractivity contribution < 1.29 is 14.3 Å². The van der Waals surface area contributed by atoms with Crippen molar-refractivity contribution in [2.45, 2.75) is 13.3 Å². The number of nitrogens with zero attached hydrogens (tertiary/aromatic N) is 4. The van der Waals surface area contributed by atoms with Crippen LogP contribution in [0.3, 0.4) is 0 Å². The molecule has 0 spiro atoms. The van der Waals surface area contributed by atoms with Crippen LogP contribution < -0.4 is 10.2 Å². The Labute approximate surface area is 158 Å². The molecule has 0 saturated carbocycles. The smallest absolute Gasteiger partial charge is 0.339 e. The third-order valence-electron chi connectivity index (χ3n) is 4.27. The van der Waals surface area contributed by atoms with Crippen molar-refractivity contribution in [3.8, 4) is 0 Å². The summed E-state index contributed by atoms with van der Waals surface area (Å²) in [4.78, 5) is 36.5. The van der Waals surface area contributed by atoms with E-state index in [-0.39, 0.29) is 12.0 Å². The summed E-state index contributed by atoms with van der Waals surface area (Å²) >= 11 is 0. The Morgan fingerprint density at radius 2 is 2.00 bits per heavy atom. The number of hydrogen-bond donors (Lipinski definition) is 1. The minimum absolute atomic E-state index is 0.152. The van der Waals surface area contributed by atoms with Crippen LogP contribution in [-0.2, 0) is 4.74 Å². The molecule has 1 aliphatic heterocycles. The van der Waals surface area contributed by atoms with E-state index in [1.54, 1.807) is 36.2 Å². The molecule has 2 aromatic rings. The monoisotopic (exact) mass is 369 g/mol. The van der Waals surface area contributed by atoms with E-state index < -0.39 is 0 Å². The summed E-state index contributed by atoms with van der Waals surface area (Å²) in [5.74, 6) is 0.958. The highest BCUT2D eigenvalue weighted by Gasteiger charge is 2.20. The number of pyridine rings is 2. The molecule has 0 bridgehead atoms. The zero-order valence-corrected chi connectivity index (χ0v) is 15.3. The molecular formula is C19H23N5O3. The minimum Gasteiger partial charge on any atom is -0.462 e. The summed E-state index contributed by atoms with van der Waals surface area (Å²) in [7, 11) is 0. The van der Waals surface area contributed by atoms with Crippen LogP contribution in [0.2, 0.25) is 0 Å². The second-order valence-corrected chi connectivity index (χ2v) is 6.10. The van der Waals surface area contributed by atoms with E-state index in [1.807, 2.05) is 12.1 Å². The van der Waals surface area contributed by atoms with Gasteiger partial charge in [0.2, 0.25) is 0 Å². The van der Waals surface area contributed by atoms with Gasteiger partial charge in [0.1, 0.15) is 11.6 Å². The second kappa shape index (κ2) is 8.98. The van der Waals surface area contributed by atoms with E-state index in [0.29, 0.717) is 37.6 Å². The molecule has 0 aliphatic carbocycles. The van der Waals surface area contributed by atoms with E-state index in [4.69, 9.17) is 4.74 Å². The SMILES string of the molecule is CCOC(=O)c1ccc(N2CCCN(C(=O)Nc3ccccn3)CC2)nc1. The van der Waals surface area contributed by atoms with Crippen LogP contribution in [0.4, 0.5) is 16.4 Å². The number of urea groups is 1. The Hall–Kier alpha value is -3.16. The molecule has 1 aliphatic rings. The Bertz CT molecular complexity index is 767. The van der Waals surface area contributed by atoms with Gasteiger partial charge in [-0.15, -0.1) is 0 Å². The predicted octanol–water partition coefficient (Wildman–Crippen LogP) is 2.40. The standard InChI is InChI=1S/C19H23N5O3/c1-2-27-18(25)15-7-8-17(21-14-15)23-10-5-11-24(13-12-23)19(26)22-16-6-3-4-9-20-16/h3-4,6-9,14H,2,5,10-13H2,1H3,(H,20,22,26). The lowest BCUT2D eigenvalue weighted by atomic mass is 10.2. The molecule has 2 amide bonds. The normalized spacial score (nSPS) is 14.4. The number of nitrogens with one attached hydrogen (secondary N) is 1. The number of amides is 2. The highest BCUT2D eigenvalue weighted by atomic mass is 16.5. The molecule has 0 atom stereocenters. The van der Waals surface area contributed by atoms with Crippen LogP contribution in [0.1, 0.15) is 23.7 Å². The molecule has 1 N–H and O–H groups in total. The van der Waals surface area contributed by atoms with Gasteiger partial charge >= 0.3 is 12.0 Å². The van der Waals surface area contributed by atoms with E-state index >= 15 is 0 Å². The number of carbonyl (C=O) groups excluding carboxylic acids is 2. The van der Waals surface area contributed by atoms with Crippen LogP contribution in [-0.4, -0.2) is 59.7 Å². The lowest BCUT2D eigenvalue weighted by Crippen LogP contribution is -2.38. The maximum atomic E-state index is 12.4. The molecule has 142 valence electrons. The third kappa shape index (κ3) is 4.93. The van der Waals surface area contributed by atoms with Crippen molar-refractivity contribution >= 4 is 23.6 Å². The number of aromatic nitrogens is 2. The summed E-state index contributed by atoms with van der Waals surface area (Å²) in [6.07, 6.45) is 4.01. The molecule has 8 heteroatoms. The molecule has 3 rings (SSSR count). The summed E-state index contributed by atoms with van der Waals surface area (Å²) in [6.45, 7) is 4.81. The van der Waals surface area contributed by atoms with Crippen molar-refractivity contribution in [2.75, 3.05) is 43.0 Å². The Morgan fingerprint density at radius 1 is 1.11 bits per heavy atom. The van der Waals surface area contributed by atoms with Gasteiger partial charge in [-0.25, -0.2) is 19.6 Å². The van der Waals surface area contributed by atoms with Gasteiger partial charge in [0, 0.05) is 38.6 Å². The summed E-state index contributed by atoms with van der Waals surface area (Å²) in [5, 5.41) is 2.82. The van der Waals surface area contributed by atoms with E-state index in [0.717, 1.165) is 18.8 Å². The van der Waals surface area contributed by atoms with Crippen molar-refractivity contribution in [3.63, 3.8) is 0 Å². The van der Waals surface area contributed by atoms with Gasteiger partial charge in [0.05, 0.1) is 12.2 Å². The fourth-order valence-corrected chi connectivity index (χ4v) is 2.88. The van der Waals surface area contributed by atoms with Crippen LogP contribution >= 0.6 is 0 Å². The van der Waals surface area contributed by atoms with Crippen molar-refractivity contribution in [2.24, 2.45) is 0 Å². The first kappa shape index (κ1) is 18.6. The second-order valence-electron chi connectivity index (χ2n) is 6.10. The molecule has 0 radical (unpaired) electrons. The molecular weight excluding hydrogens is 346 g/mol. The Morgan fingerprint density at radius 3 is 2.70 bits per heavy atom. The first-order valence-electron chi connectivity index (χ1n) is 9.02.